The second-order valence-corrected chi connectivity index (χ2v) is 8.18. The first-order chi connectivity index (χ1) is 13.3. The lowest BCUT2D eigenvalue weighted by Crippen LogP contribution is -2.43. The number of hydrogen-bond acceptors (Lipinski definition) is 5. The molecule has 8 heteroatoms. The molecule has 1 aromatic rings. The van der Waals surface area contributed by atoms with Crippen LogP contribution in [0, 0.1) is 5.92 Å². The molecule has 2 amide bonds. The summed E-state index contributed by atoms with van der Waals surface area (Å²) in [5.74, 6) is 0.707. The molecule has 0 saturated carbocycles. The highest BCUT2D eigenvalue weighted by atomic mass is 16.2. The number of likely N-dealkylation sites (tertiary alicyclic amines) is 1. The SMILES string of the molecule is CC[C@H](C)C(=O)N1CCC[C@H]1c1nc2c(c(=O)[nH]1)CN(C(=O)CN(C)C)CC2. The maximum Gasteiger partial charge on any atom is 0.256 e. The zero-order chi connectivity index (χ0) is 20.4. The van der Waals surface area contributed by atoms with Crippen LogP contribution >= 0.6 is 0 Å². The molecule has 2 aliphatic heterocycles. The molecular weight excluding hydrogens is 358 g/mol. The third-order valence-corrected chi connectivity index (χ3v) is 5.78. The van der Waals surface area contributed by atoms with E-state index in [1.54, 1.807) is 4.90 Å². The predicted octanol–water partition coefficient (Wildman–Crippen LogP) is 0.926. The summed E-state index contributed by atoms with van der Waals surface area (Å²) < 4.78 is 0. The summed E-state index contributed by atoms with van der Waals surface area (Å²) in [6.45, 7) is 5.85. The number of likely N-dealkylation sites (N-methyl/N-ethyl adjacent to an activating group) is 1. The van der Waals surface area contributed by atoms with Gasteiger partial charge < -0.3 is 19.7 Å². The maximum atomic E-state index is 12.8. The Morgan fingerprint density at radius 2 is 2.07 bits per heavy atom. The van der Waals surface area contributed by atoms with Crippen molar-refractivity contribution >= 4 is 11.8 Å². The Morgan fingerprint density at radius 3 is 2.75 bits per heavy atom. The molecule has 0 radical (unpaired) electrons. The number of hydrogen-bond donors (Lipinski definition) is 1. The Bertz CT molecular complexity index is 804. The number of aromatic nitrogens is 2. The standard InChI is InChI=1S/C20H31N5O3/c1-5-13(2)20(28)25-9-6-7-16(25)18-21-15-8-10-24(17(26)12-23(3)4)11-14(15)19(27)22-18/h13,16H,5-12H2,1-4H3,(H,21,22,27)/t13-,16-/m0/s1. The van der Waals surface area contributed by atoms with Gasteiger partial charge in [-0.1, -0.05) is 13.8 Å². The maximum absolute atomic E-state index is 12.8. The molecule has 0 bridgehead atoms. The van der Waals surface area contributed by atoms with Crippen molar-refractivity contribution in [2.45, 2.75) is 52.1 Å². The van der Waals surface area contributed by atoms with Crippen LogP contribution in [-0.4, -0.2) is 70.2 Å². The topological polar surface area (TPSA) is 89.6 Å². The highest BCUT2D eigenvalue weighted by molar-refractivity contribution is 5.79. The van der Waals surface area contributed by atoms with Gasteiger partial charge in [-0.3, -0.25) is 14.4 Å². The lowest BCUT2D eigenvalue weighted by atomic mass is 10.0. The smallest absolute Gasteiger partial charge is 0.256 e. The minimum absolute atomic E-state index is 0.0141. The van der Waals surface area contributed by atoms with Gasteiger partial charge in [0.15, 0.2) is 0 Å². The van der Waals surface area contributed by atoms with E-state index in [2.05, 4.69) is 4.98 Å². The Balaban J connectivity index is 1.82. The highest BCUT2D eigenvalue weighted by Crippen LogP contribution is 2.31. The summed E-state index contributed by atoms with van der Waals surface area (Å²) in [6.07, 6.45) is 3.10. The van der Waals surface area contributed by atoms with Crippen LogP contribution in [0.3, 0.4) is 0 Å². The monoisotopic (exact) mass is 389 g/mol. The van der Waals surface area contributed by atoms with Crippen LogP contribution in [0.4, 0.5) is 0 Å². The quantitative estimate of drug-likeness (QED) is 0.809. The zero-order valence-corrected chi connectivity index (χ0v) is 17.3. The van der Waals surface area contributed by atoms with Crippen LogP contribution < -0.4 is 5.56 Å². The number of amides is 2. The lowest BCUT2D eigenvalue weighted by Gasteiger charge is -2.30. The number of aromatic amines is 1. The zero-order valence-electron chi connectivity index (χ0n) is 17.3. The summed E-state index contributed by atoms with van der Waals surface area (Å²) in [6, 6.07) is -0.159. The summed E-state index contributed by atoms with van der Waals surface area (Å²) in [5.41, 5.74) is 1.14. The van der Waals surface area contributed by atoms with E-state index in [4.69, 9.17) is 4.98 Å². The van der Waals surface area contributed by atoms with Crippen LogP contribution in [0.1, 0.15) is 56.2 Å². The van der Waals surface area contributed by atoms with E-state index in [0.717, 1.165) is 25.0 Å². The van der Waals surface area contributed by atoms with Gasteiger partial charge in [0.25, 0.3) is 5.56 Å². The number of rotatable bonds is 5. The van der Waals surface area contributed by atoms with Crippen molar-refractivity contribution in [3.05, 3.63) is 27.4 Å². The number of nitrogens with zero attached hydrogens (tertiary/aromatic N) is 4. The van der Waals surface area contributed by atoms with Gasteiger partial charge in [0, 0.05) is 25.4 Å². The fourth-order valence-electron chi connectivity index (χ4n) is 3.96. The average molecular weight is 390 g/mol. The van der Waals surface area contributed by atoms with Crippen molar-refractivity contribution in [3.8, 4) is 0 Å². The highest BCUT2D eigenvalue weighted by Gasteiger charge is 2.34. The summed E-state index contributed by atoms with van der Waals surface area (Å²) >= 11 is 0. The molecule has 8 nitrogen and oxygen atoms in total. The van der Waals surface area contributed by atoms with Crippen LogP contribution in [0.5, 0.6) is 0 Å². The molecule has 0 spiro atoms. The normalized spacial score (nSPS) is 20.4. The van der Waals surface area contributed by atoms with Crippen molar-refractivity contribution in [3.63, 3.8) is 0 Å². The third-order valence-electron chi connectivity index (χ3n) is 5.78. The Kier molecular flexibility index (Phi) is 6.17. The van der Waals surface area contributed by atoms with Crippen molar-refractivity contribution in [1.82, 2.24) is 24.7 Å². The average Bonchev–Trinajstić information content (AvgIpc) is 3.15. The van der Waals surface area contributed by atoms with Gasteiger partial charge >= 0.3 is 0 Å². The number of nitrogens with one attached hydrogen (secondary N) is 1. The molecule has 1 N–H and O–H groups in total. The molecule has 3 heterocycles. The molecule has 1 fully saturated rings. The lowest BCUT2D eigenvalue weighted by molar-refractivity contribution is -0.136. The first kappa shape index (κ1) is 20.5. The number of carbonyl (C=O) groups excluding carboxylic acids is 2. The van der Waals surface area contributed by atoms with Crippen LogP contribution in [0.25, 0.3) is 0 Å². The Labute approximate surface area is 165 Å². The number of H-pyrrole nitrogens is 1. The van der Waals surface area contributed by atoms with Crippen LogP contribution in [0.15, 0.2) is 4.79 Å². The molecule has 0 aliphatic carbocycles. The van der Waals surface area contributed by atoms with E-state index < -0.39 is 0 Å². The molecule has 0 aromatic carbocycles. The van der Waals surface area contributed by atoms with Crippen molar-refractivity contribution in [2.75, 3.05) is 33.7 Å². The predicted molar refractivity (Wildman–Crippen MR) is 106 cm³/mol. The molecule has 28 heavy (non-hydrogen) atoms. The molecule has 2 atom stereocenters. The van der Waals surface area contributed by atoms with Crippen LogP contribution in [0.2, 0.25) is 0 Å². The van der Waals surface area contributed by atoms with E-state index >= 15 is 0 Å². The van der Waals surface area contributed by atoms with E-state index in [9.17, 15) is 14.4 Å². The molecule has 2 aliphatic rings. The van der Waals surface area contributed by atoms with Crippen molar-refractivity contribution in [2.24, 2.45) is 5.92 Å². The fraction of sp³-hybridized carbons (Fsp3) is 0.700. The largest absolute Gasteiger partial charge is 0.337 e. The van der Waals surface area contributed by atoms with Gasteiger partial charge in [-0.15, -0.1) is 0 Å². The fourth-order valence-corrected chi connectivity index (χ4v) is 3.96. The molecule has 3 rings (SSSR count). The molecule has 1 saturated heterocycles. The summed E-state index contributed by atoms with van der Waals surface area (Å²) in [5, 5.41) is 0. The molecular formula is C20H31N5O3. The molecule has 1 aromatic heterocycles. The van der Waals surface area contributed by atoms with E-state index in [1.807, 2.05) is 37.7 Å². The minimum Gasteiger partial charge on any atom is -0.337 e. The van der Waals surface area contributed by atoms with Crippen molar-refractivity contribution in [1.29, 1.82) is 0 Å². The van der Waals surface area contributed by atoms with Gasteiger partial charge in [-0.25, -0.2) is 4.98 Å². The number of carbonyl (C=O) groups is 2. The second kappa shape index (κ2) is 8.43. The van der Waals surface area contributed by atoms with E-state index in [-0.39, 0.29) is 29.3 Å². The van der Waals surface area contributed by atoms with Gasteiger partial charge in [-0.05, 0) is 33.4 Å². The van der Waals surface area contributed by atoms with Gasteiger partial charge in [0.1, 0.15) is 5.82 Å². The first-order valence-electron chi connectivity index (χ1n) is 10.2. The molecule has 154 valence electrons. The van der Waals surface area contributed by atoms with Gasteiger partial charge in [0.2, 0.25) is 11.8 Å². The van der Waals surface area contributed by atoms with Crippen molar-refractivity contribution < 1.29 is 9.59 Å². The van der Waals surface area contributed by atoms with E-state index in [0.29, 0.717) is 44.0 Å². The van der Waals surface area contributed by atoms with Crippen LogP contribution in [-0.2, 0) is 22.6 Å². The summed E-state index contributed by atoms with van der Waals surface area (Å²) in [7, 11) is 3.70. The van der Waals surface area contributed by atoms with E-state index in [1.165, 1.54) is 0 Å². The second-order valence-electron chi connectivity index (χ2n) is 8.18. The first-order valence-corrected chi connectivity index (χ1v) is 10.2. The molecule has 0 unspecified atom stereocenters. The van der Waals surface area contributed by atoms with Gasteiger partial charge in [-0.2, -0.15) is 0 Å². The van der Waals surface area contributed by atoms with Gasteiger partial charge in [0.05, 0.1) is 30.4 Å². The third kappa shape index (κ3) is 4.11. The Morgan fingerprint density at radius 1 is 1.32 bits per heavy atom. The number of fused-ring (bicyclic) bond motifs is 1. The minimum atomic E-state index is -0.190. The Hall–Kier alpha value is -2.22. The summed E-state index contributed by atoms with van der Waals surface area (Å²) in [4.78, 5) is 50.8.